The van der Waals surface area contributed by atoms with E-state index < -0.39 is 5.82 Å². The first kappa shape index (κ1) is 15.0. The number of ether oxygens (including phenoxy) is 1. The van der Waals surface area contributed by atoms with Crippen LogP contribution < -0.4 is 10.1 Å². The van der Waals surface area contributed by atoms with Gasteiger partial charge in [-0.2, -0.15) is 0 Å². The molecule has 0 spiro atoms. The summed E-state index contributed by atoms with van der Waals surface area (Å²) in [5, 5.41) is 2.66. The molecular formula is C14H13BrFNO2S. The van der Waals surface area contributed by atoms with E-state index in [4.69, 9.17) is 4.74 Å². The predicted molar refractivity (Wildman–Crippen MR) is 82.3 cm³/mol. The van der Waals surface area contributed by atoms with Gasteiger partial charge in [0.2, 0.25) is 0 Å². The molecule has 0 saturated carbocycles. The highest BCUT2D eigenvalue weighted by Crippen LogP contribution is 2.28. The number of anilines is 1. The Morgan fingerprint density at radius 3 is 2.75 bits per heavy atom. The molecule has 0 unspecified atom stereocenters. The second-order valence-corrected chi connectivity index (χ2v) is 6.47. The van der Waals surface area contributed by atoms with Crippen molar-refractivity contribution in [2.45, 2.75) is 13.8 Å². The van der Waals surface area contributed by atoms with Crippen LogP contribution in [-0.2, 0) is 0 Å². The van der Waals surface area contributed by atoms with Gasteiger partial charge in [-0.25, -0.2) is 4.39 Å². The van der Waals surface area contributed by atoms with E-state index in [-0.39, 0.29) is 11.7 Å². The van der Waals surface area contributed by atoms with Gasteiger partial charge < -0.3 is 10.1 Å². The fraction of sp³-hybridized carbons (Fsp3) is 0.214. The number of amides is 1. The largest absolute Gasteiger partial charge is 0.491 e. The third-order valence-electron chi connectivity index (χ3n) is 2.57. The van der Waals surface area contributed by atoms with Gasteiger partial charge in [0.15, 0.2) is 11.6 Å². The fourth-order valence-electron chi connectivity index (χ4n) is 1.62. The van der Waals surface area contributed by atoms with Crippen molar-refractivity contribution in [2.24, 2.45) is 0 Å². The Hall–Kier alpha value is -1.40. The minimum atomic E-state index is -0.492. The molecule has 0 aliphatic heterocycles. The summed E-state index contributed by atoms with van der Waals surface area (Å²) < 4.78 is 19.7. The first-order chi connectivity index (χ1) is 9.51. The number of hydrogen-bond donors (Lipinski definition) is 1. The maximum Gasteiger partial charge on any atom is 0.265 e. The van der Waals surface area contributed by atoms with E-state index in [0.717, 1.165) is 9.35 Å². The molecule has 3 nitrogen and oxygen atoms in total. The van der Waals surface area contributed by atoms with E-state index in [2.05, 4.69) is 21.2 Å². The van der Waals surface area contributed by atoms with Crippen LogP contribution in [-0.4, -0.2) is 12.5 Å². The minimum Gasteiger partial charge on any atom is -0.491 e. The van der Waals surface area contributed by atoms with Crippen LogP contribution in [0.15, 0.2) is 28.1 Å². The number of carbonyl (C=O) groups excluding carboxylic acids is 1. The third kappa shape index (κ3) is 3.37. The zero-order chi connectivity index (χ0) is 14.7. The first-order valence-electron chi connectivity index (χ1n) is 6.01. The van der Waals surface area contributed by atoms with E-state index >= 15 is 0 Å². The number of halogens is 2. The van der Waals surface area contributed by atoms with Crippen LogP contribution in [0, 0.1) is 12.7 Å². The molecule has 1 heterocycles. The molecule has 0 fully saturated rings. The summed E-state index contributed by atoms with van der Waals surface area (Å²) in [4.78, 5) is 12.6. The summed E-state index contributed by atoms with van der Waals surface area (Å²) in [6.07, 6.45) is 0. The molecule has 20 heavy (non-hydrogen) atoms. The van der Waals surface area contributed by atoms with Gasteiger partial charge in [0.1, 0.15) is 0 Å². The van der Waals surface area contributed by atoms with Gasteiger partial charge in [0, 0.05) is 11.8 Å². The highest BCUT2D eigenvalue weighted by atomic mass is 79.9. The Morgan fingerprint density at radius 1 is 1.45 bits per heavy atom. The molecule has 0 bridgehead atoms. The number of thiophene rings is 1. The summed E-state index contributed by atoms with van der Waals surface area (Å²) in [6.45, 7) is 4.09. The number of hydrogen-bond acceptors (Lipinski definition) is 3. The van der Waals surface area contributed by atoms with Crippen molar-refractivity contribution in [1.82, 2.24) is 0 Å². The van der Waals surface area contributed by atoms with Gasteiger partial charge in [-0.05, 0) is 53.5 Å². The Balaban J connectivity index is 2.13. The maximum atomic E-state index is 13.7. The zero-order valence-electron chi connectivity index (χ0n) is 11.0. The minimum absolute atomic E-state index is 0.181. The number of aryl methyl sites for hydroxylation is 1. The average Bonchev–Trinajstić information content (AvgIpc) is 2.73. The summed E-state index contributed by atoms with van der Waals surface area (Å²) in [5.74, 6) is -0.569. The molecule has 0 aliphatic carbocycles. The average molecular weight is 358 g/mol. The number of carbonyl (C=O) groups is 1. The fourth-order valence-corrected chi connectivity index (χ4v) is 3.05. The summed E-state index contributed by atoms with van der Waals surface area (Å²) >= 11 is 4.71. The second kappa shape index (κ2) is 6.37. The Labute approximate surface area is 128 Å². The van der Waals surface area contributed by atoms with Gasteiger partial charge in [-0.1, -0.05) is 0 Å². The van der Waals surface area contributed by atoms with Crippen LogP contribution >= 0.6 is 27.3 Å². The lowest BCUT2D eigenvalue weighted by atomic mass is 10.2. The van der Waals surface area contributed by atoms with Crippen LogP contribution in [0.3, 0.4) is 0 Å². The molecule has 2 rings (SSSR count). The molecular weight excluding hydrogens is 345 g/mol. The first-order valence-corrected chi connectivity index (χ1v) is 7.62. The van der Waals surface area contributed by atoms with E-state index in [1.807, 2.05) is 6.92 Å². The Morgan fingerprint density at radius 2 is 2.20 bits per heavy atom. The molecule has 6 heteroatoms. The monoisotopic (exact) mass is 357 g/mol. The van der Waals surface area contributed by atoms with Crippen LogP contribution in [0.25, 0.3) is 0 Å². The lowest BCUT2D eigenvalue weighted by Crippen LogP contribution is -2.10. The quantitative estimate of drug-likeness (QED) is 0.867. The Bertz CT molecular complexity index is 623. The molecule has 1 aromatic heterocycles. The smallest absolute Gasteiger partial charge is 0.265 e. The van der Waals surface area contributed by atoms with Crippen molar-refractivity contribution in [2.75, 3.05) is 11.9 Å². The van der Waals surface area contributed by atoms with Gasteiger partial charge in [-0.3, -0.25) is 4.79 Å². The van der Waals surface area contributed by atoms with Gasteiger partial charge in [-0.15, -0.1) is 11.3 Å². The standard InChI is InChI=1S/C14H13BrFNO2S/c1-3-19-11-5-4-9(7-10(11)16)17-14(18)12-6-8(2)13(15)20-12/h4-7H,3H2,1-2H3,(H,17,18). The molecule has 0 saturated heterocycles. The van der Waals surface area contributed by atoms with Crippen LogP contribution in [0.2, 0.25) is 0 Å². The van der Waals surface area contributed by atoms with Gasteiger partial charge in [0.25, 0.3) is 5.91 Å². The van der Waals surface area contributed by atoms with Crippen molar-refractivity contribution < 1.29 is 13.9 Å². The number of benzene rings is 1. The SMILES string of the molecule is CCOc1ccc(NC(=O)c2cc(C)c(Br)s2)cc1F. The number of rotatable bonds is 4. The van der Waals surface area contributed by atoms with Crippen LogP contribution in [0.5, 0.6) is 5.75 Å². The molecule has 2 aromatic rings. The molecule has 106 valence electrons. The maximum absolute atomic E-state index is 13.7. The highest BCUT2D eigenvalue weighted by Gasteiger charge is 2.12. The third-order valence-corrected chi connectivity index (χ3v) is 4.71. The Kier molecular flexibility index (Phi) is 4.77. The van der Waals surface area contributed by atoms with Crippen molar-refractivity contribution in [3.05, 3.63) is 44.3 Å². The lowest BCUT2D eigenvalue weighted by molar-refractivity contribution is 0.103. The normalized spacial score (nSPS) is 10.4. The summed E-state index contributed by atoms with van der Waals surface area (Å²) in [7, 11) is 0. The van der Waals surface area contributed by atoms with E-state index in [9.17, 15) is 9.18 Å². The van der Waals surface area contributed by atoms with Crippen molar-refractivity contribution in [3.8, 4) is 5.75 Å². The number of nitrogens with one attached hydrogen (secondary N) is 1. The second-order valence-electron chi connectivity index (χ2n) is 4.10. The molecule has 1 N–H and O–H groups in total. The molecule has 1 aromatic carbocycles. The molecule has 1 amide bonds. The van der Waals surface area contributed by atoms with Crippen molar-refractivity contribution in [3.63, 3.8) is 0 Å². The van der Waals surface area contributed by atoms with Gasteiger partial charge >= 0.3 is 0 Å². The van der Waals surface area contributed by atoms with Crippen LogP contribution in [0.4, 0.5) is 10.1 Å². The van der Waals surface area contributed by atoms with Crippen LogP contribution in [0.1, 0.15) is 22.2 Å². The van der Waals surface area contributed by atoms with E-state index in [1.165, 1.54) is 23.5 Å². The molecule has 0 atom stereocenters. The zero-order valence-corrected chi connectivity index (χ0v) is 13.4. The lowest BCUT2D eigenvalue weighted by Gasteiger charge is -2.07. The topological polar surface area (TPSA) is 38.3 Å². The predicted octanol–water partition coefficient (Wildman–Crippen LogP) is 4.61. The van der Waals surface area contributed by atoms with E-state index in [0.29, 0.717) is 17.2 Å². The summed E-state index contributed by atoms with van der Waals surface area (Å²) in [6, 6.07) is 6.15. The molecule has 0 radical (unpaired) electrons. The molecule has 0 aliphatic rings. The van der Waals surface area contributed by atoms with Gasteiger partial charge in [0.05, 0.1) is 15.3 Å². The van der Waals surface area contributed by atoms with Crippen molar-refractivity contribution in [1.29, 1.82) is 0 Å². The van der Waals surface area contributed by atoms with E-state index in [1.54, 1.807) is 19.1 Å². The summed E-state index contributed by atoms with van der Waals surface area (Å²) in [5.41, 5.74) is 1.40. The van der Waals surface area contributed by atoms with Crippen molar-refractivity contribution >= 4 is 38.9 Å². The highest BCUT2D eigenvalue weighted by molar-refractivity contribution is 9.11.